The molecule has 0 saturated carbocycles. The number of hydrogen-bond acceptors (Lipinski definition) is 4. The van der Waals surface area contributed by atoms with E-state index in [9.17, 15) is 5.11 Å². The number of aromatic nitrogens is 4. The predicted octanol–water partition coefficient (Wildman–Crippen LogP) is 1.47. The molecule has 1 atom stereocenters. The molecule has 0 aromatic carbocycles. The van der Waals surface area contributed by atoms with E-state index in [-0.39, 0.29) is 6.10 Å². The second-order valence-electron chi connectivity index (χ2n) is 6.74. The Bertz CT molecular complexity index is 599. The third kappa shape index (κ3) is 4.42. The van der Waals surface area contributed by atoms with E-state index in [1.165, 1.54) is 18.5 Å². The molecular formula is C17H27N5O. The van der Waals surface area contributed by atoms with E-state index in [1.54, 1.807) is 10.9 Å². The summed E-state index contributed by atoms with van der Waals surface area (Å²) >= 11 is 0. The summed E-state index contributed by atoms with van der Waals surface area (Å²) in [5.41, 5.74) is 2.35. The molecule has 0 radical (unpaired) electrons. The van der Waals surface area contributed by atoms with E-state index in [1.807, 2.05) is 19.2 Å². The fourth-order valence-electron chi connectivity index (χ4n) is 3.44. The molecule has 1 fully saturated rings. The van der Waals surface area contributed by atoms with E-state index in [4.69, 9.17) is 0 Å². The first kappa shape index (κ1) is 16.2. The molecule has 1 aliphatic rings. The number of aryl methyl sites for hydroxylation is 2. The van der Waals surface area contributed by atoms with Crippen LogP contribution in [0.2, 0.25) is 0 Å². The minimum Gasteiger partial charge on any atom is -0.390 e. The Morgan fingerprint density at radius 3 is 2.65 bits per heavy atom. The highest BCUT2D eigenvalue weighted by molar-refractivity contribution is 5.06. The predicted molar refractivity (Wildman–Crippen MR) is 89.1 cm³/mol. The molecule has 1 N–H and O–H groups in total. The van der Waals surface area contributed by atoms with Crippen molar-refractivity contribution in [3.8, 4) is 0 Å². The van der Waals surface area contributed by atoms with Crippen LogP contribution in [0.25, 0.3) is 0 Å². The minimum atomic E-state index is -0.359. The number of piperidine rings is 1. The second kappa shape index (κ2) is 7.27. The normalized spacial score (nSPS) is 18.4. The Morgan fingerprint density at radius 1 is 1.26 bits per heavy atom. The Hall–Kier alpha value is -1.66. The zero-order valence-electron chi connectivity index (χ0n) is 14.1. The SMILES string of the molecule is Cc1cc(C)n(CC2CCN(CC(O)Cn3cccn3)CC2)n1. The van der Waals surface area contributed by atoms with Crippen LogP contribution in [0.5, 0.6) is 0 Å². The molecule has 0 aliphatic carbocycles. The summed E-state index contributed by atoms with van der Waals surface area (Å²) in [5, 5.41) is 18.9. The van der Waals surface area contributed by atoms with Gasteiger partial charge in [-0.15, -0.1) is 0 Å². The number of rotatable bonds is 6. The van der Waals surface area contributed by atoms with Gasteiger partial charge in [-0.3, -0.25) is 9.36 Å². The van der Waals surface area contributed by atoms with Crippen molar-refractivity contribution in [2.45, 2.75) is 45.9 Å². The van der Waals surface area contributed by atoms with Crippen molar-refractivity contribution in [2.24, 2.45) is 5.92 Å². The molecule has 23 heavy (non-hydrogen) atoms. The third-order valence-corrected chi connectivity index (χ3v) is 4.67. The smallest absolute Gasteiger partial charge is 0.0862 e. The Labute approximate surface area is 137 Å². The van der Waals surface area contributed by atoms with Crippen molar-refractivity contribution in [2.75, 3.05) is 19.6 Å². The molecule has 2 aromatic heterocycles. The zero-order valence-corrected chi connectivity index (χ0v) is 14.1. The van der Waals surface area contributed by atoms with Crippen molar-refractivity contribution < 1.29 is 5.11 Å². The van der Waals surface area contributed by atoms with E-state index in [0.717, 1.165) is 31.9 Å². The summed E-state index contributed by atoms with van der Waals surface area (Å²) in [7, 11) is 0. The average molecular weight is 317 g/mol. The van der Waals surface area contributed by atoms with Gasteiger partial charge < -0.3 is 10.0 Å². The van der Waals surface area contributed by atoms with Crippen molar-refractivity contribution in [1.82, 2.24) is 24.5 Å². The molecule has 126 valence electrons. The Kier molecular flexibility index (Phi) is 5.13. The van der Waals surface area contributed by atoms with Crippen LogP contribution in [0.1, 0.15) is 24.2 Å². The summed E-state index contributed by atoms with van der Waals surface area (Å²) in [6.45, 7) is 8.60. The molecule has 0 bridgehead atoms. The van der Waals surface area contributed by atoms with Gasteiger partial charge in [0.15, 0.2) is 0 Å². The van der Waals surface area contributed by atoms with Crippen LogP contribution in [0.4, 0.5) is 0 Å². The van der Waals surface area contributed by atoms with Crippen molar-refractivity contribution in [3.05, 3.63) is 35.9 Å². The molecule has 2 aromatic rings. The number of hydrogen-bond donors (Lipinski definition) is 1. The van der Waals surface area contributed by atoms with Crippen LogP contribution in [-0.4, -0.2) is 55.3 Å². The van der Waals surface area contributed by atoms with Crippen molar-refractivity contribution in [1.29, 1.82) is 0 Å². The van der Waals surface area contributed by atoms with Gasteiger partial charge in [0.05, 0.1) is 18.3 Å². The molecule has 1 unspecified atom stereocenters. The van der Waals surface area contributed by atoms with Gasteiger partial charge in [-0.2, -0.15) is 10.2 Å². The molecule has 6 nitrogen and oxygen atoms in total. The first-order chi connectivity index (χ1) is 11.1. The van der Waals surface area contributed by atoms with E-state index in [0.29, 0.717) is 12.5 Å². The Morgan fingerprint density at radius 2 is 2.04 bits per heavy atom. The maximum atomic E-state index is 10.2. The van der Waals surface area contributed by atoms with Crippen LogP contribution in [0.3, 0.4) is 0 Å². The summed E-state index contributed by atoms with van der Waals surface area (Å²) < 4.78 is 3.93. The van der Waals surface area contributed by atoms with Crippen LogP contribution in [-0.2, 0) is 13.1 Å². The second-order valence-corrected chi connectivity index (χ2v) is 6.74. The first-order valence-electron chi connectivity index (χ1n) is 8.49. The molecule has 1 aliphatic heterocycles. The van der Waals surface area contributed by atoms with Crippen LogP contribution in [0, 0.1) is 19.8 Å². The monoisotopic (exact) mass is 317 g/mol. The Balaban J connectivity index is 1.42. The fraction of sp³-hybridized carbons (Fsp3) is 0.647. The number of aliphatic hydroxyl groups is 1. The lowest BCUT2D eigenvalue weighted by molar-refractivity contribution is 0.0732. The lowest BCUT2D eigenvalue weighted by atomic mass is 9.96. The van der Waals surface area contributed by atoms with E-state index in [2.05, 4.69) is 32.8 Å². The maximum absolute atomic E-state index is 10.2. The third-order valence-electron chi connectivity index (χ3n) is 4.67. The average Bonchev–Trinajstić information content (AvgIpc) is 3.11. The summed E-state index contributed by atoms with van der Waals surface area (Å²) in [5.74, 6) is 0.688. The van der Waals surface area contributed by atoms with Gasteiger partial charge in [0, 0.05) is 31.2 Å². The molecular weight excluding hydrogens is 290 g/mol. The summed E-state index contributed by atoms with van der Waals surface area (Å²) in [6, 6.07) is 4.03. The lowest BCUT2D eigenvalue weighted by Crippen LogP contribution is -2.41. The fourth-order valence-corrected chi connectivity index (χ4v) is 3.44. The first-order valence-corrected chi connectivity index (χ1v) is 8.49. The lowest BCUT2D eigenvalue weighted by Gasteiger charge is -2.33. The largest absolute Gasteiger partial charge is 0.390 e. The quantitative estimate of drug-likeness (QED) is 0.876. The van der Waals surface area contributed by atoms with Crippen LogP contribution >= 0.6 is 0 Å². The van der Waals surface area contributed by atoms with E-state index >= 15 is 0 Å². The topological polar surface area (TPSA) is 59.1 Å². The molecule has 3 heterocycles. The zero-order chi connectivity index (χ0) is 16.2. The standard InChI is InChI=1S/C17H27N5O/c1-14-10-15(2)22(19-14)11-16-4-8-20(9-5-16)12-17(23)13-21-7-3-6-18-21/h3,6-7,10,16-17,23H,4-5,8-9,11-13H2,1-2H3. The van der Waals surface area contributed by atoms with Gasteiger partial charge in [-0.25, -0.2) is 0 Å². The number of aliphatic hydroxyl groups excluding tert-OH is 1. The number of β-amino-alcohol motifs (C(OH)–C–C–N with tert-alkyl or cyclic N) is 1. The van der Waals surface area contributed by atoms with Crippen molar-refractivity contribution in [3.63, 3.8) is 0 Å². The molecule has 1 saturated heterocycles. The highest BCUT2D eigenvalue weighted by Gasteiger charge is 2.22. The molecule has 6 heteroatoms. The highest BCUT2D eigenvalue weighted by atomic mass is 16.3. The van der Waals surface area contributed by atoms with Gasteiger partial charge in [0.25, 0.3) is 0 Å². The molecule has 0 spiro atoms. The van der Waals surface area contributed by atoms with Gasteiger partial charge in [0.2, 0.25) is 0 Å². The van der Waals surface area contributed by atoms with Crippen LogP contribution < -0.4 is 0 Å². The van der Waals surface area contributed by atoms with Gasteiger partial charge in [-0.05, 0) is 57.8 Å². The number of nitrogens with zero attached hydrogens (tertiary/aromatic N) is 5. The maximum Gasteiger partial charge on any atom is 0.0862 e. The van der Waals surface area contributed by atoms with Gasteiger partial charge in [-0.1, -0.05) is 0 Å². The molecule has 0 amide bonds. The van der Waals surface area contributed by atoms with Gasteiger partial charge in [0.1, 0.15) is 0 Å². The van der Waals surface area contributed by atoms with Crippen molar-refractivity contribution >= 4 is 0 Å². The van der Waals surface area contributed by atoms with Crippen LogP contribution in [0.15, 0.2) is 24.5 Å². The molecule has 3 rings (SSSR count). The minimum absolute atomic E-state index is 0.359. The summed E-state index contributed by atoms with van der Waals surface area (Å²) in [6.07, 6.45) is 5.63. The number of likely N-dealkylation sites (tertiary alicyclic amines) is 1. The van der Waals surface area contributed by atoms with E-state index < -0.39 is 0 Å². The van der Waals surface area contributed by atoms with Gasteiger partial charge >= 0.3 is 0 Å². The summed E-state index contributed by atoms with van der Waals surface area (Å²) in [4.78, 5) is 2.37. The highest BCUT2D eigenvalue weighted by Crippen LogP contribution is 2.20.